The number of ether oxygens (including phenoxy) is 1. The smallest absolute Gasteiger partial charge is 0.341 e. The Hall–Kier alpha value is -2.88. The number of hydrogen-bond acceptors (Lipinski definition) is 3. The number of pyridine rings is 1. The Morgan fingerprint density at radius 1 is 1.00 bits per heavy atom. The fourth-order valence-corrected chi connectivity index (χ4v) is 2.16. The summed E-state index contributed by atoms with van der Waals surface area (Å²) in [4.78, 5) is 15.3. The van der Waals surface area contributed by atoms with Crippen molar-refractivity contribution in [2.24, 2.45) is 0 Å². The third-order valence-electron chi connectivity index (χ3n) is 3.11. The molecule has 0 radical (unpaired) electrons. The van der Waals surface area contributed by atoms with Gasteiger partial charge in [-0.2, -0.15) is 0 Å². The van der Waals surface area contributed by atoms with E-state index in [0.29, 0.717) is 5.75 Å². The first-order valence-corrected chi connectivity index (χ1v) is 6.54. The summed E-state index contributed by atoms with van der Waals surface area (Å²) < 4.78 is 5.33. The lowest BCUT2D eigenvalue weighted by molar-refractivity contribution is -0.139. The van der Waals surface area contributed by atoms with Gasteiger partial charge in [-0.25, -0.2) is 9.78 Å². The van der Waals surface area contributed by atoms with E-state index in [0.717, 1.165) is 22.2 Å². The summed E-state index contributed by atoms with van der Waals surface area (Å²) in [6, 6.07) is 19.0. The van der Waals surface area contributed by atoms with Gasteiger partial charge >= 0.3 is 5.97 Å². The van der Waals surface area contributed by atoms with Crippen LogP contribution in [0.2, 0.25) is 0 Å². The number of carbonyl (C=O) groups is 1. The van der Waals surface area contributed by atoms with E-state index in [1.54, 1.807) is 6.07 Å². The molecule has 21 heavy (non-hydrogen) atoms. The van der Waals surface area contributed by atoms with Gasteiger partial charge in [-0.3, -0.25) is 0 Å². The highest BCUT2D eigenvalue weighted by Crippen LogP contribution is 2.29. The van der Waals surface area contributed by atoms with E-state index in [-0.39, 0.29) is 6.61 Å². The van der Waals surface area contributed by atoms with Gasteiger partial charge in [0.25, 0.3) is 0 Å². The molecular weight excluding hydrogens is 266 g/mol. The molecule has 3 aromatic rings. The molecule has 104 valence electrons. The Bertz CT molecular complexity index is 799. The zero-order valence-electron chi connectivity index (χ0n) is 11.2. The first kappa shape index (κ1) is 13.1. The van der Waals surface area contributed by atoms with Crippen LogP contribution in [0.15, 0.2) is 60.7 Å². The Morgan fingerprint density at radius 2 is 1.76 bits per heavy atom. The average Bonchev–Trinajstić information content (AvgIpc) is 2.52. The molecule has 4 nitrogen and oxygen atoms in total. The van der Waals surface area contributed by atoms with Crippen molar-refractivity contribution in [1.82, 2.24) is 4.98 Å². The molecule has 1 N–H and O–H groups in total. The fourth-order valence-electron chi connectivity index (χ4n) is 2.16. The molecule has 0 amide bonds. The van der Waals surface area contributed by atoms with E-state index in [1.165, 1.54) is 0 Å². The van der Waals surface area contributed by atoms with Crippen LogP contribution < -0.4 is 4.74 Å². The van der Waals surface area contributed by atoms with Gasteiger partial charge in [0.15, 0.2) is 6.61 Å². The molecule has 0 aliphatic carbocycles. The third-order valence-corrected chi connectivity index (χ3v) is 3.11. The third kappa shape index (κ3) is 2.84. The Balaban J connectivity index is 2.03. The molecule has 4 heteroatoms. The van der Waals surface area contributed by atoms with Crippen molar-refractivity contribution in [3.63, 3.8) is 0 Å². The molecule has 1 aromatic heterocycles. The molecule has 0 saturated carbocycles. The second-order valence-electron chi connectivity index (χ2n) is 4.57. The summed E-state index contributed by atoms with van der Waals surface area (Å²) >= 11 is 0. The second kappa shape index (κ2) is 5.63. The van der Waals surface area contributed by atoms with Crippen LogP contribution in [-0.2, 0) is 4.79 Å². The minimum Gasteiger partial charge on any atom is -0.481 e. The highest BCUT2D eigenvalue weighted by molar-refractivity contribution is 5.82. The maximum Gasteiger partial charge on any atom is 0.341 e. The number of aromatic nitrogens is 1. The highest BCUT2D eigenvalue weighted by atomic mass is 16.5. The maximum absolute atomic E-state index is 10.7. The van der Waals surface area contributed by atoms with Crippen LogP contribution in [0.5, 0.6) is 5.75 Å². The number of rotatable bonds is 4. The van der Waals surface area contributed by atoms with Crippen LogP contribution in [0.3, 0.4) is 0 Å². The number of nitrogens with zero attached hydrogens (tertiary/aromatic N) is 1. The van der Waals surface area contributed by atoms with Gasteiger partial charge in [0.1, 0.15) is 5.75 Å². The topological polar surface area (TPSA) is 59.4 Å². The van der Waals surface area contributed by atoms with Gasteiger partial charge in [0.2, 0.25) is 0 Å². The quantitative estimate of drug-likeness (QED) is 0.795. The van der Waals surface area contributed by atoms with Crippen LogP contribution in [0.1, 0.15) is 0 Å². The second-order valence-corrected chi connectivity index (χ2v) is 4.57. The lowest BCUT2D eigenvalue weighted by Crippen LogP contribution is -2.10. The first-order chi connectivity index (χ1) is 10.2. The molecule has 0 saturated heterocycles. The number of para-hydroxylation sites is 2. The lowest BCUT2D eigenvalue weighted by Gasteiger charge is -2.10. The van der Waals surface area contributed by atoms with Gasteiger partial charge in [0.05, 0.1) is 11.2 Å². The van der Waals surface area contributed by atoms with Crippen molar-refractivity contribution in [1.29, 1.82) is 0 Å². The monoisotopic (exact) mass is 279 g/mol. The van der Waals surface area contributed by atoms with Crippen LogP contribution in [0, 0.1) is 0 Å². The highest BCUT2D eigenvalue weighted by Gasteiger charge is 2.09. The van der Waals surface area contributed by atoms with Crippen LogP contribution in [-0.4, -0.2) is 22.7 Å². The summed E-state index contributed by atoms with van der Waals surface area (Å²) in [6.07, 6.45) is 0. The number of fused-ring (bicyclic) bond motifs is 1. The Labute approximate surface area is 121 Å². The van der Waals surface area contributed by atoms with Crippen LogP contribution >= 0.6 is 0 Å². The number of carboxylic acid groups (broad SMARTS) is 1. The summed E-state index contributed by atoms with van der Waals surface area (Å²) in [5.41, 5.74) is 2.43. The fraction of sp³-hybridized carbons (Fsp3) is 0.0588. The normalized spacial score (nSPS) is 10.5. The maximum atomic E-state index is 10.7. The predicted molar refractivity (Wildman–Crippen MR) is 80.3 cm³/mol. The van der Waals surface area contributed by atoms with Crippen molar-refractivity contribution in [3.05, 3.63) is 60.7 Å². The largest absolute Gasteiger partial charge is 0.481 e. The summed E-state index contributed by atoms with van der Waals surface area (Å²) in [5, 5.41) is 9.80. The van der Waals surface area contributed by atoms with Gasteiger partial charge in [-0.15, -0.1) is 0 Å². The Morgan fingerprint density at radius 3 is 2.62 bits per heavy atom. The number of benzene rings is 2. The molecule has 0 aliphatic heterocycles. The number of aliphatic carboxylic acids is 1. The van der Waals surface area contributed by atoms with Crippen LogP contribution in [0.4, 0.5) is 0 Å². The van der Waals surface area contributed by atoms with E-state index in [9.17, 15) is 4.79 Å². The van der Waals surface area contributed by atoms with Gasteiger partial charge in [0, 0.05) is 10.9 Å². The molecule has 0 spiro atoms. The molecule has 0 atom stereocenters. The van der Waals surface area contributed by atoms with Gasteiger partial charge in [-0.05, 0) is 24.3 Å². The number of hydrogen-bond donors (Lipinski definition) is 1. The lowest BCUT2D eigenvalue weighted by atomic mass is 10.1. The first-order valence-electron chi connectivity index (χ1n) is 6.54. The molecule has 0 bridgehead atoms. The SMILES string of the molecule is O=C(O)COc1ccccc1-c1ccc2ccccc2n1. The van der Waals surface area contributed by atoms with Crippen molar-refractivity contribution in [2.75, 3.05) is 6.61 Å². The van der Waals surface area contributed by atoms with Crippen molar-refractivity contribution in [3.8, 4) is 17.0 Å². The minimum atomic E-state index is -1.00. The zero-order valence-corrected chi connectivity index (χ0v) is 11.2. The predicted octanol–water partition coefficient (Wildman–Crippen LogP) is 3.37. The molecule has 3 rings (SSSR count). The molecule has 2 aromatic carbocycles. The van der Waals surface area contributed by atoms with E-state index in [1.807, 2.05) is 54.6 Å². The standard InChI is InChI=1S/C17H13NO3/c19-17(20)11-21-16-8-4-2-6-13(16)15-10-9-12-5-1-3-7-14(12)18-15/h1-10H,11H2,(H,19,20). The van der Waals surface area contributed by atoms with Gasteiger partial charge in [-0.1, -0.05) is 36.4 Å². The molecular formula is C17H13NO3. The minimum absolute atomic E-state index is 0.370. The summed E-state index contributed by atoms with van der Waals surface area (Å²) in [6.45, 7) is -0.370. The van der Waals surface area contributed by atoms with E-state index in [2.05, 4.69) is 4.98 Å². The average molecular weight is 279 g/mol. The summed E-state index contributed by atoms with van der Waals surface area (Å²) in [5.74, 6) is -0.487. The van der Waals surface area contributed by atoms with E-state index < -0.39 is 5.97 Å². The van der Waals surface area contributed by atoms with Crippen LogP contribution in [0.25, 0.3) is 22.2 Å². The molecule has 0 fully saturated rings. The van der Waals surface area contributed by atoms with E-state index in [4.69, 9.17) is 9.84 Å². The summed E-state index contributed by atoms with van der Waals surface area (Å²) in [7, 11) is 0. The Kier molecular flexibility index (Phi) is 3.51. The van der Waals surface area contributed by atoms with Crippen molar-refractivity contribution < 1.29 is 14.6 Å². The van der Waals surface area contributed by atoms with Crippen molar-refractivity contribution >= 4 is 16.9 Å². The van der Waals surface area contributed by atoms with E-state index >= 15 is 0 Å². The molecule has 1 heterocycles. The van der Waals surface area contributed by atoms with Gasteiger partial charge < -0.3 is 9.84 Å². The number of carboxylic acids is 1. The zero-order chi connectivity index (χ0) is 14.7. The molecule has 0 unspecified atom stereocenters. The molecule has 0 aliphatic rings. The van der Waals surface area contributed by atoms with Crippen molar-refractivity contribution in [2.45, 2.75) is 0 Å².